The van der Waals surface area contributed by atoms with Crippen LogP contribution in [-0.4, -0.2) is 11.6 Å². The Bertz CT molecular complexity index is 275. The van der Waals surface area contributed by atoms with Crippen molar-refractivity contribution in [3.05, 3.63) is 22.5 Å². The Kier molecular flexibility index (Phi) is 1.76. The summed E-state index contributed by atoms with van der Waals surface area (Å²) in [5.74, 6) is -0.686. The summed E-state index contributed by atoms with van der Waals surface area (Å²) >= 11 is 0. The van der Waals surface area contributed by atoms with Crippen LogP contribution in [0.4, 0.5) is 0 Å². The third-order valence-corrected chi connectivity index (χ3v) is 1.98. The SMILES string of the molecule is CC1=C(N)C(=O)C(C)=C(N)C1=O. The van der Waals surface area contributed by atoms with Gasteiger partial charge in [-0.2, -0.15) is 0 Å². The van der Waals surface area contributed by atoms with E-state index in [1.807, 2.05) is 0 Å². The second-order valence-corrected chi connectivity index (χ2v) is 2.74. The highest BCUT2D eigenvalue weighted by atomic mass is 16.1. The minimum Gasteiger partial charge on any atom is -0.395 e. The van der Waals surface area contributed by atoms with E-state index in [2.05, 4.69) is 0 Å². The Morgan fingerprint density at radius 3 is 1.33 bits per heavy atom. The third-order valence-electron chi connectivity index (χ3n) is 1.98. The van der Waals surface area contributed by atoms with E-state index < -0.39 is 0 Å². The summed E-state index contributed by atoms with van der Waals surface area (Å²) < 4.78 is 0. The van der Waals surface area contributed by atoms with Crippen molar-refractivity contribution in [3.8, 4) is 0 Å². The van der Waals surface area contributed by atoms with Crippen LogP contribution in [-0.2, 0) is 9.59 Å². The van der Waals surface area contributed by atoms with Crippen molar-refractivity contribution in [2.24, 2.45) is 11.5 Å². The van der Waals surface area contributed by atoms with Crippen molar-refractivity contribution in [1.29, 1.82) is 0 Å². The van der Waals surface area contributed by atoms with Crippen LogP contribution < -0.4 is 11.5 Å². The molecule has 0 radical (unpaired) electrons. The zero-order valence-corrected chi connectivity index (χ0v) is 6.97. The number of hydrogen-bond acceptors (Lipinski definition) is 4. The third kappa shape index (κ3) is 0.922. The number of nitrogens with two attached hydrogens (primary N) is 2. The lowest BCUT2D eigenvalue weighted by Crippen LogP contribution is -2.29. The summed E-state index contributed by atoms with van der Waals surface area (Å²) in [5, 5.41) is 0. The van der Waals surface area contributed by atoms with Gasteiger partial charge in [-0.15, -0.1) is 0 Å². The molecule has 4 N–H and O–H groups in total. The molecule has 0 saturated carbocycles. The minimum atomic E-state index is -0.343. The van der Waals surface area contributed by atoms with Crippen molar-refractivity contribution >= 4 is 11.6 Å². The van der Waals surface area contributed by atoms with E-state index in [0.29, 0.717) is 0 Å². The van der Waals surface area contributed by atoms with Crippen LogP contribution >= 0.6 is 0 Å². The highest BCUT2D eigenvalue weighted by Gasteiger charge is 2.26. The van der Waals surface area contributed by atoms with E-state index in [0.717, 1.165) is 0 Å². The Hall–Kier alpha value is -1.58. The molecule has 0 aromatic carbocycles. The van der Waals surface area contributed by atoms with Gasteiger partial charge in [-0.05, 0) is 13.8 Å². The average molecular weight is 166 g/mol. The van der Waals surface area contributed by atoms with Crippen LogP contribution in [0.3, 0.4) is 0 Å². The predicted molar refractivity (Wildman–Crippen MR) is 43.8 cm³/mol. The molecule has 0 amide bonds. The Balaban J connectivity index is 3.32. The maximum Gasteiger partial charge on any atom is 0.206 e. The number of rotatable bonds is 0. The highest BCUT2D eigenvalue weighted by Crippen LogP contribution is 2.17. The lowest BCUT2D eigenvalue weighted by molar-refractivity contribution is -0.116. The van der Waals surface area contributed by atoms with Gasteiger partial charge in [0.25, 0.3) is 0 Å². The fourth-order valence-electron chi connectivity index (χ4n) is 0.989. The maximum atomic E-state index is 11.2. The molecule has 0 aromatic heterocycles. The average Bonchev–Trinajstić information content (AvgIpc) is 2.08. The first-order valence-corrected chi connectivity index (χ1v) is 3.49. The van der Waals surface area contributed by atoms with E-state index >= 15 is 0 Å². The number of carbonyl (C=O) groups is 2. The summed E-state index contributed by atoms with van der Waals surface area (Å²) in [6.07, 6.45) is 0. The minimum absolute atomic E-state index is 0.00620. The fraction of sp³-hybridized carbons (Fsp3) is 0.250. The van der Waals surface area contributed by atoms with Crippen molar-refractivity contribution in [2.45, 2.75) is 13.8 Å². The van der Waals surface area contributed by atoms with Gasteiger partial charge in [-0.3, -0.25) is 9.59 Å². The van der Waals surface area contributed by atoms with E-state index in [9.17, 15) is 9.59 Å². The Labute approximate surface area is 69.9 Å². The summed E-state index contributed by atoms with van der Waals surface area (Å²) in [6, 6.07) is 0. The highest BCUT2D eigenvalue weighted by molar-refractivity contribution is 6.23. The molecular weight excluding hydrogens is 156 g/mol. The molecule has 4 heteroatoms. The topological polar surface area (TPSA) is 86.2 Å². The van der Waals surface area contributed by atoms with Crippen LogP contribution in [0.1, 0.15) is 13.8 Å². The van der Waals surface area contributed by atoms with Gasteiger partial charge in [0.05, 0.1) is 11.4 Å². The van der Waals surface area contributed by atoms with Crippen LogP contribution in [0.15, 0.2) is 22.5 Å². The second-order valence-electron chi connectivity index (χ2n) is 2.74. The molecule has 0 aromatic rings. The van der Waals surface area contributed by atoms with Gasteiger partial charge in [-0.1, -0.05) is 0 Å². The maximum absolute atomic E-state index is 11.2. The monoisotopic (exact) mass is 166 g/mol. The van der Waals surface area contributed by atoms with E-state index in [-0.39, 0.29) is 34.1 Å². The molecular formula is C8H10N2O2. The smallest absolute Gasteiger partial charge is 0.206 e. The van der Waals surface area contributed by atoms with Gasteiger partial charge < -0.3 is 11.5 Å². The summed E-state index contributed by atoms with van der Waals surface area (Å²) in [4.78, 5) is 22.4. The number of ketones is 2. The molecule has 0 saturated heterocycles. The Morgan fingerprint density at radius 2 is 1.08 bits per heavy atom. The number of Topliss-reactive ketones (excluding diaryl/α,β-unsaturated/α-hetero) is 2. The number of allylic oxidation sites excluding steroid dienone is 2. The summed E-state index contributed by atoms with van der Waals surface area (Å²) in [5.41, 5.74) is 11.3. The van der Waals surface area contributed by atoms with E-state index in [4.69, 9.17) is 11.5 Å². The van der Waals surface area contributed by atoms with Crippen LogP contribution in [0.5, 0.6) is 0 Å². The summed E-state index contributed by atoms with van der Waals surface area (Å²) in [6.45, 7) is 2.99. The molecule has 12 heavy (non-hydrogen) atoms. The van der Waals surface area contributed by atoms with Gasteiger partial charge in [0.2, 0.25) is 11.6 Å². The molecule has 64 valence electrons. The van der Waals surface area contributed by atoms with Gasteiger partial charge >= 0.3 is 0 Å². The van der Waals surface area contributed by atoms with Crippen LogP contribution in [0.2, 0.25) is 0 Å². The Morgan fingerprint density at radius 1 is 0.833 bits per heavy atom. The summed E-state index contributed by atoms with van der Waals surface area (Å²) in [7, 11) is 0. The van der Waals surface area contributed by atoms with Crippen molar-refractivity contribution in [2.75, 3.05) is 0 Å². The molecule has 4 nitrogen and oxygen atoms in total. The molecule has 0 unspecified atom stereocenters. The van der Waals surface area contributed by atoms with E-state index in [1.54, 1.807) is 0 Å². The first-order valence-electron chi connectivity index (χ1n) is 3.49. The lowest BCUT2D eigenvalue weighted by atomic mass is 9.93. The van der Waals surface area contributed by atoms with Crippen LogP contribution in [0.25, 0.3) is 0 Å². The lowest BCUT2D eigenvalue weighted by Gasteiger charge is -2.14. The second kappa shape index (κ2) is 2.48. The van der Waals surface area contributed by atoms with Crippen molar-refractivity contribution in [1.82, 2.24) is 0 Å². The molecule has 0 fully saturated rings. The predicted octanol–water partition coefficient (Wildman–Crippen LogP) is -0.396. The fourth-order valence-corrected chi connectivity index (χ4v) is 0.989. The first-order chi connectivity index (χ1) is 5.46. The molecule has 0 atom stereocenters. The standard InChI is InChI=1S/C8H10N2O2/c1-3-5(9)8(12)4(2)6(10)7(3)11/h9-10H2,1-2H3. The molecule has 0 bridgehead atoms. The van der Waals surface area contributed by atoms with E-state index in [1.165, 1.54) is 13.8 Å². The van der Waals surface area contributed by atoms with Crippen molar-refractivity contribution < 1.29 is 9.59 Å². The molecule has 1 aliphatic rings. The van der Waals surface area contributed by atoms with Crippen molar-refractivity contribution in [3.63, 3.8) is 0 Å². The molecule has 1 aliphatic carbocycles. The van der Waals surface area contributed by atoms with Gasteiger partial charge in [-0.25, -0.2) is 0 Å². The van der Waals surface area contributed by atoms with Crippen LogP contribution in [0, 0.1) is 0 Å². The first kappa shape index (κ1) is 8.52. The van der Waals surface area contributed by atoms with Gasteiger partial charge in [0.15, 0.2) is 0 Å². The van der Waals surface area contributed by atoms with Gasteiger partial charge in [0.1, 0.15) is 0 Å². The zero-order chi connectivity index (χ0) is 9.46. The largest absolute Gasteiger partial charge is 0.395 e. The molecule has 0 spiro atoms. The molecule has 1 rings (SSSR count). The normalized spacial score (nSPS) is 19.2. The van der Waals surface area contributed by atoms with Gasteiger partial charge in [0, 0.05) is 11.1 Å². The zero-order valence-electron chi connectivity index (χ0n) is 6.97. The quantitative estimate of drug-likeness (QED) is 0.479. The molecule has 0 aliphatic heterocycles. The number of carbonyl (C=O) groups excluding carboxylic acids is 2. The molecule has 0 heterocycles. The number of hydrogen-bond donors (Lipinski definition) is 2.